The number of aromatic nitrogens is 2. The molecule has 1 aromatic carbocycles. The molecule has 0 unspecified atom stereocenters. The Morgan fingerprint density at radius 3 is 2.72 bits per heavy atom. The van der Waals surface area contributed by atoms with E-state index in [4.69, 9.17) is 4.99 Å². The van der Waals surface area contributed by atoms with Crippen LogP contribution < -0.4 is 5.32 Å². The first-order chi connectivity index (χ1) is 11.4. The fourth-order valence-electron chi connectivity index (χ4n) is 3.09. The summed E-state index contributed by atoms with van der Waals surface area (Å²) in [5.41, 5.74) is 2.11. The minimum atomic E-state index is -0.332. The maximum atomic E-state index is 13.6. The van der Waals surface area contributed by atoms with Gasteiger partial charge in [-0.15, -0.1) is 0 Å². The molecule has 0 atom stereocenters. The number of hydrogen-bond donors (Lipinski definition) is 1. The fraction of sp³-hybridized carbons (Fsp3) is 0.375. The zero-order chi connectivity index (χ0) is 16.9. The lowest BCUT2D eigenvalue weighted by Gasteiger charge is -2.45. The van der Waals surface area contributed by atoms with Crippen molar-refractivity contribution in [3.05, 3.63) is 41.0 Å². The van der Waals surface area contributed by atoms with E-state index in [0.717, 1.165) is 11.4 Å². The second-order valence-electron chi connectivity index (χ2n) is 6.52. The molecule has 3 heterocycles. The molecule has 1 saturated heterocycles. The molecule has 4 rings (SSSR count). The molecular formula is C16H21FN6O2. The topological polar surface area (TPSA) is 100 Å². The third kappa shape index (κ3) is 3.21. The Bertz CT molecular complexity index is 822. The minimum absolute atomic E-state index is 0. The molecule has 0 aliphatic carbocycles. The smallest absolute Gasteiger partial charge is 0.163 e. The summed E-state index contributed by atoms with van der Waals surface area (Å²) in [5, 5.41) is 19.8. The van der Waals surface area contributed by atoms with Gasteiger partial charge in [0, 0.05) is 19.3 Å². The molecule has 0 radical (unpaired) electrons. The van der Waals surface area contributed by atoms with Crippen LogP contribution in [0.1, 0.15) is 5.56 Å². The summed E-state index contributed by atoms with van der Waals surface area (Å²) < 4.78 is 15.1. The zero-order valence-electron chi connectivity index (χ0n) is 14.2. The van der Waals surface area contributed by atoms with Crippen molar-refractivity contribution in [1.82, 2.24) is 14.7 Å². The van der Waals surface area contributed by atoms with Crippen LogP contribution in [0.25, 0.3) is 0 Å². The summed E-state index contributed by atoms with van der Waals surface area (Å²) >= 11 is 0. The number of aryl methyl sites for hydroxylation is 1. The van der Waals surface area contributed by atoms with Gasteiger partial charge in [0.15, 0.2) is 5.82 Å². The van der Waals surface area contributed by atoms with Gasteiger partial charge in [-0.1, -0.05) is 0 Å². The lowest BCUT2D eigenvalue weighted by molar-refractivity contribution is -0.864. The van der Waals surface area contributed by atoms with Gasteiger partial charge < -0.3 is 25.5 Å². The number of aliphatic imine (C=N–C) groups is 1. The minimum Gasteiger partial charge on any atom is -0.633 e. The lowest BCUT2D eigenvalue weighted by atomic mass is 10.2. The molecule has 3 N–H and O–H groups in total. The summed E-state index contributed by atoms with van der Waals surface area (Å²) in [6, 6.07) is 4.47. The molecule has 0 bridgehead atoms. The number of quaternary nitrogens is 1. The summed E-state index contributed by atoms with van der Waals surface area (Å²) in [7, 11) is 3.54. The number of hydrogen-bond acceptors (Lipinski definition) is 5. The van der Waals surface area contributed by atoms with Gasteiger partial charge in [-0.05, 0) is 12.1 Å². The van der Waals surface area contributed by atoms with Gasteiger partial charge in [0.2, 0.25) is 0 Å². The number of anilines is 2. The van der Waals surface area contributed by atoms with Gasteiger partial charge in [-0.3, -0.25) is 4.68 Å². The molecule has 8 nitrogen and oxygen atoms in total. The van der Waals surface area contributed by atoms with Crippen LogP contribution in [0.5, 0.6) is 0 Å². The van der Waals surface area contributed by atoms with Crippen LogP contribution in [0, 0.1) is 11.0 Å². The molecule has 2 aliphatic rings. The first kappa shape index (κ1) is 17.3. The number of nitrogens with one attached hydrogen (secondary N) is 1. The Labute approximate surface area is 144 Å². The van der Waals surface area contributed by atoms with E-state index in [1.807, 2.05) is 13.2 Å². The van der Waals surface area contributed by atoms with Crippen LogP contribution in [0.4, 0.5) is 21.6 Å². The fourth-order valence-corrected chi connectivity index (χ4v) is 3.09. The molecule has 1 fully saturated rings. The highest BCUT2D eigenvalue weighted by Gasteiger charge is 2.29. The predicted molar refractivity (Wildman–Crippen MR) is 93.6 cm³/mol. The van der Waals surface area contributed by atoms with E-state index in [1.54, 1.807) is 17.8 Å². The van der Waals surface area contributed by atoms with Gasteiger partial charge in [0.05, 0.1) is 50.2 Å². The molecule has 2 aliphatic heterocycles. The largest absolute Gasteiger partial charge is 0.633 e. The normalized spacial score (nSPS) is 18.2. The van der Waals surface area contributed by atoms with E-state index < -0.39 is 0 Å². The molecule has 9 heteroatoms. The maximum absolute atomic E-state index is 13.6. The van der Waals surface area contributed by atoms with Crippen LogP contribution in [0.15, 0.2) is 29.4 Å². The monoisotopic (exact) mass is 348 g/mol. The van der Waals surface area contributed by atoms with E-state index in [-0.39, 0.29) is 15.9 Å². The van der Waals surface area contributed by atoms with E-state index in [0.29, 0.717) is 43.4 Å². The number of fused-ring (bicyclic) bond motifs is 2. The van der Waals surface area contributed by atoms with Gasteiger partial charge >= 0.3 is 0 Å². The van der Waals surface area contributed by atoms with Crippen molar-refractivity contribution in [2.45, 2.75) is 0 Å². The van der Waals surface area contributed by atoms with Gasteiger partial charge in [0.25, 0.3) is 0 Å². The van der Waals surface area contributed by atoms with E-state index in [2.05, 4.69) is 15.3 Å². The standard InChI is InChI=1S/C16H19FN6O.H2O/c1-21-10-12-15(20-21)18-13-4-3-11(17)9-14(13)19-16(12)22-5-7-23(2,24)8-6-22;/h3-4,9-10H,5-8H2,1-2H3,(H,18,20);1H2. The number of nitrogens with zero attached hydrogens (tertiary/aromatic N) is 5. The van der Waals surface area contributed by atoms with Crippen molar-refractivity contribution in [3.8, 4) is 0 Å². The highest BCUT2D eigenvalue weighted by molar-refractivity contribution is 6.06. The van der Waals surface area contributed by atoms with Crippen LogP contribution in [-0.4, -0.2) is 63.9 Å². The lowest BCUT2D eigenvalue weighted by Crippen LogP contribution is -2.55. The number of likely N-dealkylation sites (N-methyl/N-ethyl adjacent to an activating group) is 1. The highest BCUT2D eigenvalue weighted by atomic mass is 19.1. The summed E-state index contributed by atoms with van der Waals surface area (Å²) in [6.45, 7) is 2.21. The molecule has 1 aromatic heterocycles. The van der Waals surface area contributed by atoms with E-state index >= 15 is 0 Å². The molecular weight excluding hydrogens is 327 g/mol. The van der Waals surface area contributed by atoms with Crippen molar-refractivity contribution in [2.75, 3.05) is 38.5 Å². The number of amidine groups is 1. The Kier molecular flexibility index (Phi) is 4.23. The van der Waals surface area contributed by atoms with E-state index in [1.165, 1.54) is 12.1 Å². The Hall–Kier alpha value is -2.49. The summed E-state index contributed by atoms with van der Waals surface area (Å²) in [5.74, 6) is 1.09. The van der Waals surface area contributed by atoms with Gasteiger partial charge in [0.1, 0.15) is 11.7 Å². The summed E-state index contributed by atoms with van der Waals surface area (Å²) in [4.78, 5) is 6.79. The highest BCUT2D eigenvalue weighted by Crippen LogP contribution is 2.34. The number of hydroxylamine groups is 3. The van der Waals surface area contributed by atoms with Crippen molar-refractivity contribution in [1.29, 1.82) is 0 Å². The van der Waals surface area contributed by atoms with Gasteiger partial charge in [-0.25, -0.2) is 9.38 Å². The van der Waals surface area contributed by atoms with Crippen LogP contribution in [-0.2, 0) is 7.05 Å². The van der Waals surface area contributed by atoms with Crippen LogP contribution in [0.2, 0.25) is 0 Å². The average Bonchev–Trinajstić information content (AvgIpc) is 2.81. The molecule has 0 amide bonds. The molecule has 134 valence electrons. The van der Waals surface area contributed by atoms with Gasteiger partial charge in [-0.2, -0.15) is 5.10 Å². The van der Waals surface area contributed by atoms with Crippen LogP contribution >= 0.6 is 0 Å². The predicted octanol–water partition coefficient (Wildman–Crippen LogP) is 1.13. The second kappa shape index (κ2) is 6.10. The van der Waals surface area contributed by atoms with Crippen molar-refractivity contribution >= 4 is 23.0 Å². The number of benzene rings is 1. The van der Waals surface area contributed by atoms with Crippen molar-refractivity contribution < 1.29 is 14.5 Å². The first-order valence-corrected chi connectivity index (χ1v) is 7.91. The van der Waals surface area contributed by atoms with Crippen molar-refractivity contribution in [3.63, 3.8) is 0 Å². The average molecular weight is 348 g/mol. The molecule has 0 spiro atoms. The number of rotatable bonds is 0. The second-order valence-corrected chi connectivity index (χ2v) is 6.52. The molecule has 25 heavy (non-hydrogen) atoms. The van der Waals surface area contributed by atoms with E-state index in [9.17, 15) is 9.60 Å². The number of halogens is 1. The van der Waals surface area contributed by atoms with Crippen molar-refractivity contribution in [2.24, 2.45) is 12.0 Å². The zero-order valence-corrected chi connectivity index (χ0v) is 14.2. The molecule has 0 saturated carbocycles. The number of piperazine rings is 1. The SMILES string of the molecule is Cn1cc2c(n1)Nc1ccc(F)cc1N=C2N1CC[N+](C)([O-])CC1.O. The van der Waals surface area contributed by atoms with Crippen LogP contribution in [0.3, 0.4) is 0 Å². The Balaban J connectivity index is 0.00000182. The molecule has 2 aromatic rings. The third-order valence-corrected chi connectivity index (χ3v) is 4.49. The quantitative estimate of drug-likeness (QED) is 0.570. The first-order valence-electron chi connectivity index (χ1n) is 7.91. The maximum Gasteiger partial charge on any atom is 0.163 e. The Morgan fingerprint density at radius 2 is 2.00 bits per heavy atom. The summed E-state index contributed by atoms with van der Waals surface area (Å²) in [6.07, 6.45) is 1.89. The Morgan fingerprint density at radius 1 is 1.28 bits per heavy atom. The third-order valence-electron chi connectivity index (χ3n) is 4.49.